The normalized spacial score (nSPS) is 19.8. The van der Waals surface area contributed by atoms with Crippen LogP contribution in [-0.4, -0.2) is 24.3 Å². The molecule has 0 aromatic heterocycles. The van der Waals surface area contributed by atoms with Gasteiger partial charge in [0.2, 0.25) is 0 Å². The molecule has 1 N–H and O–H groups in total. The lowest BCUT2D eigenvalue weighted by Crippen LogP contribution is -2.32. The van der Waals surface area contributed by atoms with Crippen molar-refractivity contribution in [2.45, 2.75) is 25.4 Å². The third-order valence-corrected chi connectivity index (χ3v) is 3.22. The SMILES string of the molecule is COC1C=c2ccc([C@H](C)C(=O)O)cc2=CC1. The van der Waals surface area contributed by atoms with Crippen LogP contribution in [0.5, 0.6) is 0 Å². The van der Waals surface area contributed by atoms with E-state index in [4.69, 9.17) is 9.84 Å². The zero-order valence-corrected chi connectivity index (χ0v) is 10.0. The molecule has 0 radical (unpaired) electrons. The highest BCUT2D eigenvalue weighted by Crippen LogP contribution is 2.12. The number of rotatable bonds is 3. The summed E-state index contributed by atoms with van der Waals surface area (Å²) in [5.41, 5.74) is 0.844. The van der Waals surface area contributed by atoms with Crippen LogP contribution in [0.4, 0.5) is 0 Å². The van der Waals surface area contributed by atoms with E-state index in [1.807, 2.05) is 18.2 Å². The van der Waals surface area contributed by atoms with E-state index in [1.165, 1.54) is 0 Å². The van der Waals surface area contributed by atoms with Crippen molar-refractivity contribution < 1.29 is 14.6 Å². The molecule has 3 nitrogen and oxygen atoms in total. The number of carboxylic acids is 1. The number of benzene rings is 1. The number of hydrogen-bond donors (Lipinski definition) is 1. The molecule has 17 heavy (non-hydrogen) atoms. The Morgan fingerprint density at radius 3 is 2.88 bits per heavy atom. The summed E-state index contributed by atoms with van der Waals surface area (Å²) in [6, 6.07) is 5.79. The summed E-state index contributed by atoms with van der Waals surface area (Å²) in [7, 11) is 1.70. The number of carbonyl (C=O) groups is 1. The number of fused-ring (bicyclic) bond motifs is 1. The van der Waals surface area contributed by atoms with Crippen molar-refractivity contribution in [3.63, 3.8) is 0 Å². The maximum Gasteiger partial charge on any atom is 0.310 e. The van der Waals surface area contributed by atoms with E-state index >= 15 is 0 Å². The maximum atomic E-state index is 10.9. The summed E-state index contributed by atoms with van der Waals surface area (Å²) in [5, 5.41) is 11.2. The minimum absolute atomic E-state index is 0.130. The molecule has 0 heterocycles. The molecule has 90 valence electrons. The fourth-order valence-corrected chi connectivity index (χ4v) is 2.01. The second-order valence-electron chi connectivity index (χ2n) is 4.33. The van der Waals surface area contributed by atoms with Gasteiger partial charge in [0, 0.05) is 7.11 Å². The Hall–Kier alpha value is -1.61. The molecule has 1 aliphatic rings. The van der Waals surface area contributed by atoms with Crippen LogP contribution in [-0.2, 0) is 9.53 Å². The highest BCUT2D eigenvalue weighted by atomic mass is 16.5. The molecule has 1 aromatic rings. The van der Waals surface area contributed by atoms with Gasteiger partial charge in [-0.25, -0.2) is 0 Å². The minimum atomic E-state index is -0.792. The van der Waals surface area contributed by atoms with Crippen molar-refractivity contribution in [1.82, 2.24) is 0 Å². The molecular weight excluding hydrogens is 216 g/mol. The van der Waals surface area contributed by atoms with Crippen LogP contribution in [0.15, 0.2) is 18.2 Å². The van der Waals surface area contributed by atoms with E-state index in [-0.39, 0.29) is 6.10 Å². The summed E-state index contributed by atoms with van der Waals surface area (Å²) in [5.74, 6) is -1.26. The van der Waals surface area contributed by atoms with Crippen molar-refractivity contribution in [3.8, 4) is 0 Å². The van der Waals surface area contributed by atoms with Gasteiger partial charge >= 0.3 is 5.97 Å². The van der Waals surface area contributed by atoms with Gasteiger partial charge in [-0.15, -0.1) is 0 Å². The van der Waals surface area contributed by atoms with E-state index in [0.29, 0.717) is 0 Å². The fourth-order valence-electron chi connectivity index (χ4n) is 2.01. The predicted octanol–water partition coefficient (Wildman–Crippen LogP) is 0.854. The molecule has 0 amide bonds. The maximum absolute atomic E-state index is 10.9. The zero-order valence-electron chi connectivity index (χ0n) is 10.0. The molecule has 0 saturated carbocycles. The van der Waals surface area contributed by atoms with Crippen LogP contribution in [0, 0.1) is 0 Å². The second-order valence-corrected chi connectivity index (χ2v) is 4.33. The molecule has 1 unspecified atom stereocenters. The molecule has 0 fully saturated rings. The third-order valence-electron chi connectivity index (χ3n) is 3.22. The smallest absolute Gasteiger partial charge is 0.310 e. The van der Waals surface area contributed by atoms with E-state index in [0.717, 1.165) is 22.4 Å². The lowest BCUT2D eigenvalue weighted by molar-refractivity contribution is -0.138. The Bertz CT molecular complexity index is 545. The molecule has 1 aliphatic carbocycles. The highest BCUT2D eigenvalue weighted by Gasteiger charge is 2.14. The van der Waals surface area contributed by atoms with Crippen LogP contribution in [0.1, 0.15) is 24.8 Å². The van der Waals surface area contributed by atoms with Crippen molar-refractivity contribution in [1.29, 1.82) is 0 Å². The largest absolute Gasteiger partial charge is 0.481 e. The number of methoxy groups -OCH3 is 1. The first-order chi connectivity index (χ1) is 8.11. The highest BCUT2D eigenvalue weighted by molar-refractivity contribution is 5.75. The van der Waals surface area contributed by atoms with Crippen molar-refractivity contribution in [2.75, 3.05) is 7.11 Å². The lowest BCUT2D eigenvalue weighted by atomic mass is 9.97. The first kappa shape index (κ1) is 11.9. The predicted molar refractivity (Wildman–Crippen MR) is 66.1 cm³/mol. The second kappa shape index (κ2) is 4.72. The Morgan fingerprint density at radius 2 is 2.24 bits per heavy atom. The van der Waals surface area contributed by atoms with Crippen LogP contribution in [0.25, 0.3) is 12.2 Å². The molecule has 2 atom stereocenters. The van der Waals surface area contributed by atoms with E-state index in [1.54, 1.807) is 14.0 Å². The van der Waals surface area contributed by atoms with Crippen LogP contribution >= 0.6 is 0 Å². The molecule has 0 bridgehead atoms. The van der Waals surface area contributed by atoms with Gasteiger partial charge < -0.3 is 9.84 Å². The van der Waals surface area contributed by atoms with Crippen molar-refractivity contribution >= 4 is 18.1 Å². The van der Waals surface area contributed by atoms with E-state index < -0.39 is 11.9 Å². The molecule has 0 aliphatic heterocycles. The summed E-state index contributed by atoms with van der Waals surface area (Å²) in [6.45, 7) is 1.70. The topological polar surface area (TPSA) is 46.5 Å². The monoisotopic (exact) mass is 232 g/mol. The molecular formula is C14H16O3. The van der Waals surface area contributed by atoms with Gasteiger partial charge in [0.1, 0.15) is 0 Å². The molecule has 2 rings (SSSR count). The Balaban J connectivity index is 2.44. The van der Waals surface area contributed by atoms with Gasteiger partial charge in [0.15, 0.2) is 0 Å². The van der Waals surface area contributed by atoms with Crippen LogP contribution in [0.2, 0.25) is 0 Å². The number of carboxylic acid groups (broad SMARTS) is 1. The zero-order chi connectivity index (χ0) is 12.4. The number of hydrogen-bond acceptors (Lipinski definition) is 2. The Labute approximate surface area is 100 Å². The van der Waals surface area contributed by atoms with Crippen LogP contribution in [0.3, 0.4) is 0 Å². The Morgan fingerprint density at radius 1 is 1.47 bits per heavy atom. The van der Waals surface area contributed by atoms with Crippen molar-refractivity contribution in [3.05, 3.63) is 34.2 Å². The molecule has 0 saturated heterocycles. The lowest BCUT2D eigenvalue weighted by Gasteiger charge is -2.13. The average molecular weight is 232 g/mol. The Kier molecular flexibility index (Phi) is 3.29. The summed E-state index contributed by atoms with van der Waals surface area (Å²) >= 11 is 0. The van der Waals surface area contributed by atoms with Gasteiger partial charge in [-0.3, -0.25) is 4.79 Å². The van der Waals surface area contributed by atoms with Crippen molar-refractivity contribution in [2.24, 2.45) is 0 Å². The third kappa shape index (κ3) is 2.39. The molecule has 0 spiro atoms. The van der Waals surface area contributed by atoms with Gasteiger partial charge in [-0.05, 0) is 35.4 Å². The fraction of sp³-hybridized carbons (Fsp3) is 0.357. The first-order valence-electron chi connectivity index (χ1n) is 5.69. The average Bonchev–Trinajstić information content (AvgIpc) is 2.36. The standard InChI is InChI=1S/C14H16O3/c1-9(14(15)16)10-3-4-12-8-13(17-2)6-5-11(12)7-10/h3-5,7-9,13H,6H2,1-2H3,(H,15,16)/t9-,13?/m0/s1. The quantitative estimate of drug-likeness (QED) is 0.840. The number of ether oxygens (including phenoxy) is 1. The van der Waals surface area contributed by atoms with Gasteiger partial charge in [-0.2, -0.15) is 0 Å². The summed E-state index contributed by atoms with van der Waals surface area (Å²) < 4.78 is 5.28. The molecule has 1 aromatic carbocycles. The van der Waals surface area contributed by atoms with Gasteiger partial charge in [0.05, 0.1) is 12.0 Å². The summed E-state index contributed by atoms with van der Waals surface area (Å²) in [6.07, 6.45) is 5.14. The van der Waals surface area contributed by atoms with Gasteiger partial charge in [-0.1, -0.05) is 24.3 Å². The van der Waals surface area contributed by atoms with Crippen LogP contribution < -0.4 is 10.4 Å². The summed E-state index contributed by atoms with van der Waals surface area (Å²) in [4.78, 5) is 10.9. The molecule has 3 heteroatoms. The van der Waals surface area contributed by atoms with Gasteiger partial charge in [0.25, 0.3) is 0 Å². The first-order valence-corrected chi connectivity index (χ1v) is 5.69. The minimum Gasteiger partial charge on any atom is -0.481 e. The van der Waals surface area contributed by atoms with E-state index in [2.05, 4.69) is 12.2 Å². The number of aliphatic carboxylic acids is 1. The van der Waals surface area contributed by atoms with E-state index in [9.17, 15) is 4.79 Å².